The number of carbonyl (C=O) groups excluding carboxylic acids is 3. The topological polar surface area (TPSA) is 78.9 Å². The van der Waals surface area contributed by atoms with Crippen LogP contribution in [0, 0.1) is 0 Å². The lowest BCUT2D eigenvalue weighted by Gasteiger charge is -2.18. The van der Waals surface area contributed by atoms with Gasteiger partial charge in [0, 0.05) is 19.3 Å². The molecule has 0 rings (SSSR count). The molecule has 0 saturated heterocycles. The predicted molar refractivity (Wildman–Crippen MR) is 339 cm³/mol. The molecule has 0 amide bonds. The van der Waals surface area contributed by atoms with E-state index in [9.17, 15) is 14.4 Å². The summed E-state index contributed by atoms with van der Waals surface area (Å²) >= 11 is 0. The molecule has 1 atom stereocenters. The average Bonchev–Trinajstić information content (AvgIpc) is 3.44. The zero-order valence-electron chi connectivity index (χ0n) is 51.7. The summed E-state index contributed by atoms with van der Waals surface area (Å²) in [6, 6.07) is 0. The van der Waals surface area contributed by atoms with Crippen molar-refractivity contribution in [3.05, 3.63) is 85.1 Å². The van der Waals surface area contributed by atoms with Gasteiger partial charge >= 0.3 is 17.9 Å². The van der Waals surface area contributed by atoms with Crippen LogP contribution in [0.15, 0.2) is 85.1 Å². The van der Waals surface area contributed by atoms with Gasteiger partial charge in [0.2, 0.25) is 0 Å². The zero-order valence-corrected chi connectivity index (χ0v) is 51.7. The Morgan fingerprint density at radius 2 is 0.526 bits per heavy atom. The van der Waals surface area contributed by atoms with Crippen molar-refractivity contribution in [1.82, 2.24) is 0 Å². The van der Waals surface area contributed by atoms with Crippen LogP contribution >= 0.6 is 0 Å². The van der Waals surface area contributed by atoms with E-state index in [1.54, 1.807) is 0 Å². The molecule has 0 aliphatic carbocycles. The maximum absolute atomic E-state index is 12.8. The van der Waals surface area contributed by atoms with Gasteiger partial charge in [0.05, 0.1) is 0 Å². The maximum atomic E-state index is 12.8. The molecular formula is C72H126O6. The van der Waals surface area contributed by atoms with Crippen molar-refractivity contribution in [3.8, 4) is 0 Å². The third kappa shape index (κ3) is 63.4. The van der Waals surface area contributed by atoms with E-state index in [4.69, 9.17) is 14.2 Å². The lowest BCUT2D eigenvalue weighted by Crippen LogP contribution is -2.30. The first-order valence-corrected chi connectivity index (χ1v) is 33.6. The molecule has 6 nitrogen and oxygen atoms in total. The highest BCUT2D eigenvalue weighted by Crippen LogP contribution is 2.17. The Hall–Kier alpha value is -3.41. The number of hydrogen-bond acceptors (Lipinski definition) is 6. The van der Waals surface area contributed by atoms with Crippen LogP contribution in [0.1, 0.15) is 335 Å². The number of carbonyl (C=O) groups is 3. The number of ether oxygens (including phenoxy) is 3. The van der Waals surface area contributed by atoms with Gasteiger partial charge in [0.15, 0.2) is 6.10 Å². The highest BCUT2D eigenvalue weighted by molar-refractivity contribution is 5.71. The van der Waals surface area contributed by atoms with E-state index in [0.29, 0.717) is 19.3 Å². The van der Waals surface area contributed by atoms with Gasteiger partial charge in [-0.15, -0.1) is 0 Å². The van der Waals surface area contributed by atoms with Crippen LogP contribution in [-0.4, -0.2) is 37.2 Å². The fourth-order valence-corrected chi connectivity index (χ4v) is 9.60. The van der Waals surface area contributed by atoms with Gasteiger partial charge in [-0.1, -0.05) is 298 Å². The van der Waals surface area contributed by atoms with Crippen molar-refractivity contribution >= 4 is 17.9 Å². The monoisotopic (exact) mass is 1090 g/mol. The smallest absolute Gasteiger partial charge is 0.306 e. The minimum atomic E-state index is -0.816. The molecule has 0 heterocycles. The van der Waals surface area contributed by atoms with Gasteiger partial charge in [0.25, 0.3) is 0 Å². The SMILES string of the molecule is CC/C=C\C/C=C\C/C=C\C/C=C\CCC(=O)OC(COC(=O)CCCCCCC/C=C\CCCCC)COC(=O)CCCCCCCCCCCCCCCCCCCCCCCCC/C=C\C/C=C\CCCCCCC. The molecule has 1 unspecified atom stereocenters. The lowest BCUT2D eigenvalue weighted by molar-refractivity contribution is -0.166. The molecule has 0 saturated carbocycles. The fraction of sp³-hybridized carbons (Fsp3) is 0.764. The lowest BCUT2D eigenvalue weighted by atomic mass is 10.0. The second-order valence-corrected chi connectivity index (χ2v) is 22.3. The van der Waals surface area contributed by atoms with Crippen LogP contribution in [-0.2, 0) is 28.6 Å². The van der Waals surface area contributed by atoms with Crippen LogP contribution in [0.25, 0.3) is 0 Å². The summed E-state index contributed by atoms with van der Waals surface area (Å²) in [6.45, 7) is 6.45. The van der Waals surface area contributed by atoms with Crippen molar-refractivity contribution in [3.63, 3.8) is 0 Å². The van der Waals surface area contributed by atoms with Crippen LogP contribution < -0.4 is 0 Å². The summed E-state index contributed by atoms with van der Waals surface area (Å²) in [6.07, 6.45) is 88.0. The van der Waals surface area contributed by atoms with E-state index in [2.05, 4.69) is 99.8 Å². The van der Waals surface area contributed by atoms with Gasteiger partial charge in [0.1, 0.15) is 13.2 Å². The van der Waals surface area contributed by atoms with Crippen LogP contribution in [0.2, 0.25) is 0 Å². The second kappa shape index (κ2) is 66.1. The highest BCUT2D eigenvalue weighted by Gasteiger charge is 2.19. The quantitative estimate of drug-likeness (QED) is 0.0261. The molecule has 450 valence electrons. The third-order valence-corrected chi connectivity index (χ3v) is 14.6. The van der Waals surface area contributed by atoms with E-state index in [1.165, 1.54) is 205 Å². The molecule has 0 aromatic heterocycles. The van der Waals surface area contributed by atoms with Gasteiger partial charge in [-0.05, 0) is 103 Å². The summed E-state index contributed by atoms with van der Waals surface area (Å²) in [4.78, 5) is 38.1. The van der Waals surface area contributed by atoms with Gasteiger partial charge in [-0.2, -0.15) is 0 Å². The number of unbranched alkanes of at least 4 members (excludes halogenated alkanes) is 36. The first kappa shape index (κ1) is 74.6. The summed E-state index contributed by atoms with van der Waals surface area (Å²) < 4.78 is 16.8. The average molecular weight is 1090 g/mol. The Balaban J connectivity index is 4.06. The van der Waals surface area contributed by atoms with Gasteiger partial charge in [-0.25, -0.2) is 0 Å². The van der Waals surface area contributed by atoms with Crippen LogP contribution in [0.5, 0.6) is 0 Å². The Kier molecular flexibility index (Phi) is 63.2. The molecule has 0 aromatic rings. The summed E-state index contributed by atoms with van der Waals surface area (Å²) in [7, 11) is 0. The van der Waals surface area contributed by atoms with E-state index in [1.807, 2.05) is 6.08 Å². The highest BCUT2D eigenvalue weighted by atomic mass is 16.6. The molecule has 0 aliphatic heterocycles. The largest absolute Gasteiger partial charge is 0.462 e. The van der Waals surface area contributed by atoms with Crippen molar-refractivity contribution in [1.29, 1.82) is 0 Å². The minimum Gasteiger partial charge on any atom is -0.462 e. The Bertz CT molecular complexity index is 1480. The van der Waals surface area contributed by atoms with E-state index in [0.717, 1.165) is 83.5 Å². The molecular weight excluding hydrogens is 961 g/mol. The van der Waals surface area contributed by atoms with Crippen LogP contribution in [0.4, 0.5) is 0 Å². The van der Waals surface area contributed by atoms with E-state index < -0.39 is 6.10 Å². The second-order valence-electron chi connectivity index (χ2n) is 22.3. The first-order valence-electron chi connectivity index (χ1n) is 33.6. The molecule has 6 heteroatoms. The van der Waals surface area contributed by atoms with Crippen molar-refractivity contribution in [2.45, 2.75) is 341 Å². The number of hydrogen-bond donors (Lipinski definition) is 0. The third-order valence-electron chi connectivity index (χ3n) is 14.6. The number of allylic oxidation sites excluding steroid dienone is 14. The Morgan fingerprint density at radius 1 is 0.269 bits per heavy atom. The molecule has 0 N–H and O–H groups in total. The van der Waals surface area contributed by atoms with Crippen molar-refractivity contribution in [2.24, 2.45) is 0 Å². The molecule has 0 fully saturated rings. The Morgan fingerprint density at radius 3 is 0.872 bits per heavy atom. The standard InChI is InChI=1S/C72H126O6/c1-4-7-10-13-16-19-22-25-26-27-28-29-30-31-32-33-34-35-36-37-38-39-40-41-42-43-44-45-46-48-50-53-56-59-62-65-71(74)77-68-69(67-76-70(73)64-61-58-55-52-49-24-21-18-15-12-9-6-3)78-72(75)66-63-60-57-54-51-47-23-20-17-14-11-8-5-2/h8,11,17-18,20-22,25,27-28,47,51,57,60,69H,4-7,9-10,12-16,19,23-24,26,29-46,48-50,52-56,58-59,61-68H2,1-3H3/b11-8-,20-17-,21-18-,25-22-,28-27-,51-47-,60-57-. The maximum Gasteiger partial charge on any atom is 0.306 e. The molecule has 0 spiro atoms. The van der Waals surface area contributed by atoms with Gasteiger partial charge < -0.3 is 14.2 Å². The summed E-state index contributed by atoms with van der Waals surface area (Å²) in [5.74, 6) is -0.986. The summed E-state index contributed by atoms with van der Waals surface area (Å²) in [5, 5.41) is 0. The number of esters is 3. The molecule has 0 bridgehead atoms. The Labute approximate surface area is 484 Å². The first-order chi connectivity index (χ1) is 38.5. The zero-order chi connectivity index (χ0) is 56.4. The molecule has 0 aromatic carbocycles. The molecule has 0 radical (unpaired) electrons. The molecule has 78 heavy (non-hydrogen) atoms. The minimum absolute atomic E-state index is 0.105. The van der Waals surface area contributed by atoms with Gasteiger partial charge in [-0.3, -0.25) is 14.4 Å². The fourth-order valence-electron chi connectivity index (χ4n) is 9.60. The van der Waals surface area contributed by atoms with Crippen LogP contribution in [0.3, 0.4) is 0 Å². The predicted octanol–water partition coefficient (Wildman–Crippen LogP) is 23.1. The normalized spacial score (nSPS) is 12.6. The van der Waals surface area contributed by atoms with Crippen molar-refractivity contribution in [2.75, 3.05) is 13.2 Å². The van der Waals surface area contributed by atoms with Crippen molar-refractivity contribution < 1.29 is 28.6 Å². The molecule has 0 aliphatic rings. The van der Waals surface area contributed by atoms with E-state index >= 15 is 0 Å². The summed E-state index contributed by atoms with van der Waals surface area (Å²) in [5.41, 5.74) is 0. The van der Waals surface area contributed by atoms with E-state index in [-0.39, 0.29) is 37.5 Å². The number of rotatable bonds is 61.